The zero-order chi connectivity index (χ0) is 23.3. The molecule has 0 saturated heterocycles. The molecule has 2 aromatic rings. The summed E-state index contributed by atoms with van der Waals surface area (Å²) in [5, 5.41) is 10.5. The number of carbonyl (C=O) groups excluding carboxylic acids is 1. The summed E-state index contributed by atoms with van der Waals surface area (Å²) in [4.78, 5) is 17.4. The number of hydrazone groups is 1. The predicted octanol–water partition coefficient (Wildman–Crippen LogP) is 4.92. The van der Waals surface area contributed by atoms with Crippen LogP contribution in [0.2, 0.25) is 0 Å². The molecule has 1 atom stereocenters. The summed E-state index contributed by atoms with van der Waals surface area (Å²) in [6.07, 6.45) is 1.27. The zero-order valence-electron chi connectivity index (χ0n) is 18.6. The van der Waals surface area contributed by atoms with Crippen LogP contribution in [0, 0.1) is 11.6 Å². The Morgan fingerprint density at radius 3 is 2.62 bits per heavy atom. The first-order valence-corrected chi connectivity index (χ1v) is 11.2. The maximum atomic E-state index is 14.6. The SMILES string of the molecule is CON(C)C(=O)N1N=C(c2cc(F)ccc2F)S[C@@]1(CCCNC(C)C)c1ccccc1. The predicted molar refractivity (Wildman–Crippen MR) is 123 cm³/mol. The molecule has 3 rings (SSSR count). The van der Waals surface area contributed by atoms with Gasteiger partial charge in [-0.15, -0.1) is 0 Å². The van der Waals surface area contributed by atoms with Crippen molar-refractivity contribution in [3.63, 3.8) is 0 Å². The van der Waals surface area contributed by atoms with Crippen molar-refractivity contribution in [2.45, 2.75) is 37.6 Å². The Balaban J connectivity index is 2.07. The molecule has 2 aromatic carbocycles. The highest BCUT2D eigenvalue weighted by atomic mass is 32.2. The van der Waals surface area contributed by atoms with E-state index in [0.29, 0.717) is 12.5 Å². The van der Waals surface area contributed by atoms with Crippen molar-refractivity contribution in [1.82, 2.24) is 15.4 Å². The number of nitrogens with one attached hydrogen (secondary N) is 1. The number of hydrogen-bond donors (Lipinski definition) is 1. The molecule has 0 radical (unpaired) electrons. The standard InChI is InChI=1S/C23H28F2N4O2S/c1-16(2)26-14-8-13-23(17-9-6-5-7-10-17)29(22(30)28(3)31-4)27-21(32-23)19-15-18(24)11-12-20(19)25/h5-7,9-12,15-16,26H,8,13-14H2,1-4H3/t23-/m0/s1. The second-order valence-electron chi connectivity index (χ2n) is 7.77. The van der Waals surface area contributed by atoms with Gasteiger partial charge in [0, 0.05) is 18.7 Å². The van der Waals surface area contributed by atoms with E-state index >= 15 is 0 Å². The molecule has 1 heterocycles. The van der Waals surface area contributed by atoms with E-state index in [-0.39, 0.29) is 10.6 Å². The fourth-order valence-electron chi connectivity index (χ4n) is 3.47. The fourth-order valence-corrected chi connectivity index (χ4v) is 4.89. The molecule has 1 N–H and O–H groups in total. The van der Waals surface area contributed by atoms with Crippen LogP contribution in [0.4, 0.5) is 13.6 Å². The number of thioether (sulfide) groups is 1. The lowest BCUT2D eigenvalue weighted by Crippen LogP contribution is -2.47. The van der Waals surface area contributed by atoms with Crippen molar-refractivity contribution >= 4 is 22.8 Å². The van der Waals surface area contributed by atoms with Crippen molar-refractivity contribution < 1.29 is 18.4 Å². The highest BCUT2D eigenvalue weighted by molar-refractivity contribution is 8.15. The summed E-state index contributed by atoms with van der Waals surface area (Å²) < 4.78 is 28.5. The molecular weight excluding hydrogens is 434 g/mol. The van der Waals surface area contributed by atoms with Gasteiger partial charge in [-0.25, -0.2) is 18.6 Å². The lowest BCUT2D eigenvalue weighted by molar-refractivity contribution is -0.0805. The molecule has 1 aliphatic rings. The number of hydroxylamine groups is 2. The fraction of sp³-hybridized carbons (Fsp3) is 0.391. The molecule has 6 nitrogen and oxygen atoms in total. The van der Waals surface area contributed by atoms with Crippen LogP contribution in [-0.2, 0) is 9.71 Å². The summed E-state index contributed by atoms with van der Waals surface area (Å²) in [6.45, 7) is 4.86. The molecule has 0 aromatic heterocycles. The van der Waals surface area contributed by atoms with Crippen molar-refractivity contribution in [2.75, 3.05) is 20.7 Å². The topological polar surface area (TPSA) is 57.2 Å². The van der Waals surface area contributed by atoms with E-state index in [1.165, 1.54) is 30.9 Å². The van der Waals surface area contributed by atoms with Crippen LogP contribution in [0.5, 0.6) is 0 Å². The summed E-state index contributed by atoms with van der Waals surface area (Å²) in [5.74, 6) is -1.18. The van der Waals surface area contributed by atoms with Gasteiger partial charge in [0.25, 0.3) is 0 Å². The molecule has 0 spiro atoms. The number of benzene rings is 2. The monoisotopic (exact) mass is 462 g/mol. The van der Waals surface area contributed by atoms with Gasteiger partial charge in [0.15, 0.2) is 0 Å². The van der Waals surface area contributed by atoms with E-state index in [0.717, 1.165) is 41.8 Å². The van der Waals surface area contributed by atoms with Crippen LogP contribution in [-0.4, -0.2) is 47.9 Å². The van der Waals surface area contributed by atoms with E-state index in [1.54, 1.807) is 0 Å². The van der Waals surface area contributed by atoms with E-state index in [4.69, 9.17) is 4.84 Å². The van der Waals surface area contributed by atoms with E-state index < -0.39 is 22.5 Å². The molecule has 0 bridgehead atoms. The number of halogens is 2. The van der Waals surface area contributed by atoms with Crippen molar-refractivity contribution in [1.29, 1.82) is 0 Å². The summed E-state index contributed by atoms with van der Waals surface area (Å²) in [7, 11) is 2.87. The molecule has 0 unspecified atom stereocenters. The minimum absolute atomic E-state index is 0.0194. The summed E-state index contributed by atoms with van der Waals surface area (Å²) in [6, 6.07) is 12.5. The van der Waals surface area contributed by atoms with Crippen LogP contribution < -0.4 is 5.32 Å². The maximum Gasteiger partial charge on any atom is 0.365 e. The second-order valence-corrected chi connectivity index (χ2v) is 9.03. The molecule has 0 saturated carbocycles. The Morgan fingerprint density at radius 1 is 1.25 bits per heavy atom. The van der Waals surface area contributed by atoms with Crippen LogP contribution >= 0.6 is 11.8 Å². The average Bonchev–Trinajstić information content (AvgIpc) is 3.18. The van der Waals surface area contributed by atoms with E-state index in [2.05, 4.69) is 24.3 Å². The van der Waals surface area contributed by atoms with Gasteiger partial charge >= 0.3 is 6.03 Å². The first-order valence-electron chi connectivity index (χ1n) is 10.4. The molecule has 9 heteroatoms. The maximum absolute atomic E-state index is 14.6. The highest BCUT2D eigenvalue weighted by Gasteiger charge is 2.49. The van der Waals surface area contributed by atoms with Gasteiger partial charge < -0.3 is 5.32 Å². The number of amides is 2. The summed E-state index contributed by atoms with van der Waals surface area (Å²) >= 11 is 1.25. The van der Waals surface area contributed by atoms with Gasteiger partial charge in [-0.05, 0) is 43.1 Å². The third-order valence-corrected chi connectivity index (χ3v) is 6.60. The lowest BCUT2D eigenvalue weighted by Gasteiger charge is -2.37. The van der Waals surface area contributed by atoms with Crippen molar-refractivity contribution in [3.8, 4) is 0 Å². The van der Waals surface area contributed by atoms with Crippen LogP contribution in [0.25, 0.3) is 0 Å². The minimum atomic E-state index is -0.947. The molecular formula is C23H28F2N4O2S. The van der Waals surface area contributed by atoms with Gasteiger partial charge in [0.05, 0.1) is 7.11 Å². The van der Waals surface area contributed by atoms with E-state index in [9.17, 15) is 13.6 Å². The molecule has 32 heavy (non-hydrogen) atoms. The Morgan fingerprint density at radius 2 is 1.97 bits per heavy atom. The third-order valence-electron chi connectivity index (χ3n) is 5.15. The van der Waals surface area contributed by atoms with Crippen LogP contribution in [0.1, 0.15) is 37.8 Å². The van der Waals surface area contributed by atoms with Gasteiger partial charge in [-0.1, -0.05) is 55.9 Å². The first kappa shape index (κ1) is 24.2. The smallest absolute Gasteiger partial charge is 0.315 e. The molecule has 2 amide bonds. The van der Waals surface area contributed by atoms with Gasteiger partial charge in [0.1, 0.15) is 21.5 Å². The number of carbonyl (C=O) groups is 1. The Kier molecular flexibility index (Phi) is 7.86. The Bertz CT molecular complexity index is 974. The Hall–Kier alpha value is -2.49. The average molecular weight is 463 g/mol. The van der Waals surface area contributed by atoms with Crippen molar-refractivity contribution in [2.24, 2.45) is 5.10 Å². The number of nitrogens with zero attached hydrogens (tertiary/aromatic N) is 3. The number of rotatable bonds is 8. The minimum Gasteiger partial charge on any atom is -0.315 e. The lowest BCUT2D eigenvalue weighted by atomic mass is 10.0. The highest BCUT2D eigenvalue weighted by Crippen LogP contribution is 2.50. The van der Waals surface area contributed by atoms with E-state index in [1.807, 2.05) is 30.3 Å². The largest absolute Gasteiger partial charge is 0.365 e. The third kappa shape index (κ3) is 5.11. The molecule has 0 fully saturated rings. The number of urea groups is 1. The zero-order valence-corrected chi connectivity index (χ0v) is 19.5. The molecule has 0 aliphatic carbocycles. The number of hydrogen-bond acceptors (Lipinski definition) is 5. The summed E-state index contributed by atoms with van der Waals surface area (Å²) in [5.41, 5.74) is 0.856. The molecule has 1 aliphatic heterocycles. The van der Waals surface area contributed by atoms with Crippen molar-refractivity contribution in [3.05, 3.63) is 71.3 Å². The van der Waals surface area contributed by atoms with Gasteiger partial charge in [-0.3, -0.25) is 4.84 Å². The van der Waals surface area contributed by atoms with Crippen LogP contribution in [0.15, 0.2) is 53.6 Å². The normalized spacial score (nSPS) is 18.2. The van der Waals surface area contributed by atoms with Gasteiger partial charge in [0.2, 0.25) is 0 Å². The first-order chi connectivity index (χ1) is 15.3. The van der Waals surface area contributed by atoms with Crippen LogP contribution in [0.3, 0.4) is 0 Å². The second kappa shape index (κ2) is 10.4. The quantitative estimate of drug-likeness (QED) is 0.447. The Labute approximate surface area is 191 Å². The van der Waals surface area contributed by atoms with Gasteiger partial charge in [-0.2, -0.15) is 10.1 Å². The molecule has 172 valence electrons.